The molecule has 0 atom stereocenters. The van der Waals surface area contributed by atoms with Crippen LogP contribution in [0.15, 0.2) is 10.9 Å². The first-order chi connectivity index (χ1) is 7.91. The molecule has 0 aliphatic rings. The maximum absolute atomic E-state index is 13.2. The predicted molar refractivity (Wildman–Crippen MR) is 53.3 cm³/mol. The number of fused-ring (bicyclic) bond motifs is 1. The molecule has 0 fully saturated rings. The van der Waals surface area contributed by atoms with E-state index < -0.39 is 39.1 Å². The first-order valence-electron chi connectivity index (χ1n) is 4.23. The van der Waals surface area contributed by atoms with Gasteiger partial charge in [0.2, 0.25) is 5.82 Å². The number of nitrogens with two attached hydrogens (primary N) is 1. The first kappa shape index (κ1) is 10.9. The molecule has 0 bridgehead atoms. The summed E-state index contributed by atoms with van der Waals surface area (Å²) in [5.41, 5.74) is 2.27. The van der Waals surface area contributed by atoms with Crippen LogP contribution in [0.5, 0.6) is 0 Å². The van der Waals surface area contributed by atoms with Crippen LogP contribution in [-0.2, 0) is 0 Å². The Hall–Kier alpha value is -2.58. The molecule has 0 unspecified atom stereocenters. The third-order valence-electron chi connectivity index (χ3n) is 2.07. The van der Waals surface area contributed by atoms with E-state index in [0.29, 0.717) is 6.07 Å². The fraction of sp³-hybridized carbons (Fsp3) is 0. The predicted octanol–water partition coefficient (Wildman–Crippen LogP) is 0.692. The van der Waals surface area contributed by atoms with E-state index in [1.807, 2.05) is 4.98 Å². The lowest BCUT2D eigenvalue weighted by Crippen LogP contribution is -2.15. The van der Waals surface area contributed by atoms with Gasteiger partial charge in [-0.2, -0.15) is 4.39 Å². The Morgan fingerprint density at radius 1 is 1.47 bits per heavy atom. The number of H-pyrrole nitrogens is 1. The number of anilines is 1. The van der Waals surface area contributed by atoms with Crippen molar-refractivity contribution in [3.63, 3.8) is 0 Å². The number of benzene rings is 1. The Balaban J connectivity index is 3.03. The standard InChI is InChI=1S/C8H4F2N4O3/c9-2-1-3-5(6(4(2)10)14(16)17)13-8(15)7(11)12-3/h1H,(H2,11,12)(H,13,15). The summed E-state index contributed by atoms with van der Waals surface area (Å²) in [4.78, 5) is 26.0. The summed E-state index contributed by atoms with van der Waals surface area (Å²) in [6, 6.07) is 0.615. The van der Waals surface area contributed by atoms with Gasteiger partial charge in [0.25, 0.3) is 5.56 Å². The summed E-state index contributed by atoms with van der Waals surface area (Å²) in [6.07, 6.45) is 0. The highest BCUT2D eigenvalue weighted by molar-refractivity contribution is 5.84. The minimum absolute atomic E-state index is 0.298. The monoisotopic (exact) mass is 242 g/mol. The molecule has 1 aromatic carbocycles. The maximum atomic E-state index is 13.2. The van der Waals surface area contributed by atoms with Crippen molar-refractivity contribution in [2.45, 2.75) is 0 Å². The molecule has 1 heterocycles. The van der Waals surface area contributed by atoms with E-state index in [1.54, 1.807) is 0 Å². The van der Waals surface area contributed by atoms with Crippen LogP contribution in [-0.4, -0.2) is 14.9 Å². The number of hydrogen-bond acceptors (Lipinski definition) is 5. The highest BCUT2D eigenvalue weighted by atomic mass is 19.2. The van der Waals surface area contributed by atoms with Crippen LogP contribution in [0.3, 0.4) is 0 Å². The number of rotatable bonds is 1. The molecule has 9 heteroatoms. The molecule has 3 N–H and O–H groups in total. The number of nitro benzene ring substituents is 1. The van der Waals surface area contributed by atoms with Crippen molar-refractivity contribution in [3.05, 3.63) is 38.2 Å². The van der Waals surface area contributed by atoms with Crippen molar-refractivity contribution in [2.75, 3.05) is 5.73 Å². The number of nitrogens with one attached hydrogen (secondary N) is 1. The van der Waals surface area contributed by atoms with Crippen LogP contribution in [0.2, 0.25) is 0 Å². The zero-order valence-electron chi connectivity index (χ0n) is 8.03. The lowest BCUT2D eigenvalue weighted by atomic mass is 10.2. The average Bonchev–Trinajstić information content (AvgIpc) is 2.23. The van der Waals surface area contributed by atoms with Crippen molar-refractivity contribution < 1.29 is 13.7 Å². The van der Waals surface area contributed by atoms with Gasteiger partial charge in [-0.1, -0.05) is 0 Å². The van der Waals surface area contributed by atoms with Gasteiger partial charge in [-0.15, -0.1) is 0 Å². The zero-order chi connectivity index (χ0) is 12.7. The smallest absolute Gasteiger partial charge is 0.333 e. The van der Waals surface area contributed by atoms with Crippen LogP contribution >= 0.6 is 0 Å². The highest BCUT2D eigenvalue weighted by Gasteiger charge is 2.25. The van der Waals surface area contributed by atoms with Gasteiger partial charge in [0.05, 0.1) is 10.4 Å². The largest absolute Gasteiger partial charge is 0.379 e. The van der Waals surface area contributed by atoms with Gasteiger partial charge in [0.1, 0.15) is 5.52 Å². The van der Waals surface area contributed by atoms with Gasteiger partial charge in [-0.05, 0) is 0 Å². The van der Waals surface area contributed by atoms with E-state index in [9.17, 15) is 23.7 Å². The van der Waals surface area contributed by atoms with E-state index >= 15 is 0 Å². The average molecular weight is 242 g/mol. The summed E-state index contributed by atoms with van der Waals surface area (Å²) in [6.45, 7) is 0. The molecule has 17 heavy (non-hydrogen) atoms. The van der Waals surface area contributed by atoms with Crippen LogP contribution in [0.25, 0.3) is 11.0 Å². The van der Waals surface area contributed by atoms with Crippen molar-refractivity contribution >= 4 is 22.5 Å². The minimum atomic E-state index is -1.66. The van der Waals surface area contributed by atoms with Crippen LogP contribution in [0, 0.1) is 21.7 Å². The van der Waals surface area contributed by atoms with Crippen LogP contribution in [0.4, 0.5) is 20.3 Å². The summed E-state index contributed by atoms with van der Waals surface area (Å²) >= 11 is 0. The second-order valence-electron chi connectivity index (χ2n) is 3.12. The fourth-order valence-electron chi connectivity index (χ4n) is 1.34. The molecule has 1 aromatic heterocycles. The van der Waals surface area contributed by atoms with Gasteiger partial charge in [0, 0.05) is 6.07 Å². The van der Waals surface area contributed by atoms with E-state index in [1.165, 1.54) is 0 Å². The molecule has 0 saturated carbocycles. The quantitative estimate of drug-likeness (QED) is 0.563. The molecule has 0 aliphatic heterocycles. The number of aromatic nitrogens is 2. The molecule has 0 radical (unpaired) electrons. The van der Waals surface area contributed by atoms with E-state index in [4.69, 9.17) is 5.73 Å². The molecular formula is C8H4F2N4O3. The van der Waals surface area contributed by atoms with Gasteiger partial charge in [-0.3, -0.25) is 14.9 Å². The Kier molecular flexibility index (Phi) is 2.23. The number of nitrogen functional groups attached to an aromatic ring is 1. The summed E-state index contributed by atoms with van der Waals surface area (Å²) in [5, 5.41) is 10.6. The Morgan fingerprint density at radius 3 is 2.71 bits per heavy atom. The topological polar surface area (TPSA) is 115 Å². The number of hydrogen-bond donors (Lipinski definition) is 2. The molecule has 88 valence electrons. The van der Waals surface area contributed by atoms with Crippen LogP contribution < -0.4 is 11.3 Å². The minimum Gasteiger partial charge on any atom is -0.379 e. The van der Waals surface area contributed by atoms with Gasteiger partial charge in [-0.25, -0.2) is 9.37 Å². The first-order valence-corrected chi connectivity index (χ1v) is 4.23. The molecule has 0 saturated heterocycles. The summed E-state index contributed by atoms with van der Waals surface area (Å²) < 4.78 is 26.3. The van der Waals surface area contributed by atoms with E-state index in [2.05, 4.69) is 4.98 Å². The Bertz CT molecular complexity index is 697. The number of halogens is 2. The molecule has 2 aromatic rings. The molecule has 2 rings (SSSR count). The third-order valence-corrected chi connectivity index (χ3v) is 2.07. The second kappa shape index (κ2) is 3.47. The molecule has 7 nitrogen and oxygen atoms in total. The van der Waals surface area contributed by atoms with Crippen molar-refractivity contribution in [3.8, 4) is 0 Å². The van der Waals surface area contributed by atoms with E-state index in [0.717, 1.165) is 0 Å². The third kappa shape index (κ3) is 1.57. The number of nitro groups is 1. The second-order valence-corrected chi connectivity index (χ2v) is 3.12. The maximum Gasteiger partial charge on any atom is 0.333 e. The van der Waals surface area contributed by atoms with Crippen molar-refractivity contribution in [1.82, 2.24) is 9.97 Å². The van der Waals surface area contributed by atoms with Crippen LogP contribution in [0.1, 0.15) is 0 Å². The SMILES string of the molecule is Nc1nc2cc(F)c(F)c([N+](=O)[O-])c2[nH]c1=O. The fourth-order valence-corrected chi connectivity index (χ4v) is 1.34. The molecular weight excluding hydrogens is 238 g/mol. The lowest BCUT2D eigenvalue weighted by molar-refractivity contribution is -0.386. The molecule has 0 aliphatic carbocycles. The highest BCUT2D eigenvalue weighted by Crippen LogP contribution is 2.27. The van der Waals surface area contributed by atoms with E-state index in [-0.39, 0.29) is 5.52 Å². The summed E-state index contributed by atoms with van der Waals surface area (Å²) in [5.74, 6) is -3.59. The Labute approximate surface area is 91.0 Å². The summed E-state index contributed by atoms with van der Waals surface area (Å²) in [7, 11) is 0. The van der Waals surface area contributed by atoms with Gasteiger partial charge >= 0.3 is 5.69 Å². The Morgan fingerprint density at radius 2 is 2.12 bits per heavy atom. The van der Waals surface area contributed by atoms with Gasteiger partial charge < -0.3 is 10.7 Å². The lowest BCUT2D eigenvalue weighted by Gasteiger charge is -2.01. The molecule has 0 spiro atoms. The van der Waals surface area contributed by atoms with Gasteiger partial charge in [0.15, 0.2) is 11.6 Å². The van der Waals surface area contributed by atoms with Crippen molar-refractivity contribution in [2.24, 2.45) is 0 Å². The normalized spacial score (nSPS) is 10.7. The number of aromatic amines is 1. The molecule has 0 amide bonds. The number of nitrogens with zero attached hydrogens (tertiary/aromatic N) is 2. The zero-order valence-corrected chi connectivity index (χ0v) is 8.03. The van der Waals surface area contributed by atoms with Crippen molar-refractivity contribution in [1.29, 1.82) is 0 Å².